The SMILES string of the molecule is CC1(C)OC(C)(C)c2c(-n3c4ccc(-c5ccccc5)cc4c4cc5c(cc43)oc3ccccc35)c(C#N)c(C#N)c(-n3c4ccc(-c5ccccc5)cc4c4cc5c(cc43)oc3ccccc35)c21. The molecule has 0 unspecified atom stereocenters. The molecule has 4 aromatic heterocycles. The molecule has 69 heavy (non-hydrogen) atoms. The number of benzene rings is 9. The zero-order chi connectivity index (χ0) is 46.5. The van der Waals surface area contributed by atoms with Crippen LogP contribution in [-0.2, 0) is 15.9 Å². The topological polar surface area (TPSA) is 93.0 Å². The van der Waals surface area contributed by atoms with E-state index in [9.17, 15) is 10.5 Å². The lowest BCUT2D eigenvalue weighted by Gasteiger charge is -2.26. The number of aromatic nitrogens is 2. The molecule has 0 fully saturated rings. The summed E-state index contributed by atoms with van der Waals surface area (Å²) < 4.78 is 24.8. The Morgan fingerprint density at radius 1 is 0.362 bits per heavy atom. The summed E-state index contributed by atoms with van der Waals surface area (Å²) in [5, 5.41) is 31.7. The van der Waals surface area contributed by atoms with Crippen molar-refractivity contribution in [2.24, 2.45) is 0 Å². The fraction of sp³-hybridized carbons (Fsp3) is 0.0968. The van der Waals surface area contributed by atoms with Gasteiger partial charge in [-0.3, -0.25) is 0 Å². The van der Waals surface area contributed by atoms with Crippen LogP contribution in [-0.4, -0.2) is 9.13 Å². The lowest BCUT2D eigenvalue weighted by atomic mass is 9.83. The molecule has 9 aromatic carbocycles. The third kappa shape index (κ3) is 5.39. The monoisotopic (exact) mass is 888 g/mol. The summed E-state index contributed by atoms with van der Waals surface area (Å²) in [6.45, 7) is 8.32. The predicted molar refractivity (Wildman–Crippen MR) is 277 cm³/mol. The van der Waals surface area contributed by atoms with E-state index in [1.165, 1.54) is 0 Å². The second-order valence-electron chi connectivity index (χ2n) is 19.3. The summed E-state index contributed by atoms with van der Waals surface area (Å²) in [5.41, 5.74) is 12.5. The molecule has 0 amide bonds. The molecule has 0 bridgehead atoms. The Morgan fingerprint density at radius 2 is 0.754 bits per heavy atom. The first-order valence-electron chi connectivity index (χ1n) is 23.3. The maximum atomic E-state index is 11.8. The molecule has 1 aliphatic rings. The van der Waals surface area contributed by atoms with Crippen molar-refractivity contribution >= 4 is 87.5 Å². The highest BCUT2D eigenvalue weighted by Crippen LogP contribution is 2.56. The molecule has 326 valence electrons. The molecular formula is C62H40N4O3. The van der Waals surface area contributed by atoms with E-state index in [4.69, 9.17) is 13.6 Å². The van der Waals surface area contributed by atoms with Gasteiger partial charge in [0.25, 0.3) is 0 Å². The van der Waals surface area contributed by atoms with Gasteiger partial charge in [-0.2, -0.15) is 10.5 Å². The molecule has 1 aliphatic heterocycles. The van der Waals surface area contributed by atoms with E-state index < -0.39 is 11.2 Å². The third-order valence-corrected chi connectivity index (χ3v) is 14.6. The lowest BCUT2D eigenvalue weighted by Crippen LogP contribution is -2.23. The quantitative estimate of drug-likeness (QED) is 0.175. The summed E-state index contributed by atoms with van der Waals surface area (Å²) in [6, 6.07) is 64.0. The van der Waals surface area contributed by atoms with Gasteiger partial charge in [0.05, 0.1) is 55.8 Å². The van der Waals surface area contributed by atoms with Gasteiger partial charge in [-0.25, -0.2) is 0 Å². The van der Waals surface area contributed by atoms with E-state index in [0.717, 1.165) is 121 Å². The van der Waals surface area contributed by atoms with E-state index in [-0.39, 0.29) is 11.1 Å². The number of hydrogen-bond donors (Lipinski definition) is 0. The number of nitrogens with zero attached hydrogens (tertiary/aromatic N) is 4. The van der Waals surface area contributed by atoms with Crippen molar-refractivity contribution in [1.82, 2.24) is 9.13 Å². The molecule has 0 N–H and O–H groups in total. The molecule has 0 saturated heterocycles. The fourth-order valence-corrected chi connectivity index (χ4v) is 11.9. The number of hydrogen-bond acceptors (Lipinski definition) is 5. The van der Waals surface area contributed by atoms with Crippen LogP contribution in [0.5, 0.6) is 0 Å². The highest BCUT2D eigenvalue weighted by molar-refractivity contribution is 6.20. The van der Waals surface area contributed by atoms with Crippen LogP contribution in [0.3, 0.4) is 0 Å². The van der Waals surface area contributed by atoms with Crippen molar-refractivity contribution in [1.29, 1.82) is 10.5 Å². The van der Waals surface area contributed by atoms with Crippen LogP contribution in [0.2, 0.25) is 0 Å². The molecule has 0 radical (unpaired) electrons. The van der Waals surface area contributed by atoms with Gasteiger partial charge in [0.1, 0.15) is 34.5 Å². The number of ether oxygens (including phenoxy) is 1. The Balaban J connectivity index is 1.15. The molecule has 0 saturated carbocycles. The summed E-state index contributed by atoms with van der Waals surface area (Å²) in [4.78, 5) is 0. The van der Waals surface area contributed by atoms with Crippen LogP contribution in [0.25, 0.3) is 121 Å². The largest absolute Gasteiger partial charge is 0.456 e. The minimum Gasteiger partial charge on any atom is -0.456 e. The van der Waals surface area contributed by atoms with Crippen LogP contribution in [0.1, 0.15) is 49.9 Å². The van der Waals surface area contributed by atoms with E-state index in [0.29, 0.717) is 11.4 Å². The van der Waals surface area contributed by atoms with Gasteiger partial charge < -0.3 is 22.7 Å². The van der Waals surface area contributed by atoms with Crippen LogP contribution in [0.4, 0.5) is 0 Å². The standard InChI is InChI=1S/C62H40N4O3/c1-61(2)57-58(62(3,4)69-61)60(66-50-26-24-38(36-17-9-6-10-18-36)28-42(50)44-30-46-40-20-12-14-22-54(40)68-56(46)32-52(44)66)48(34-64)47(33-63)59(57)65-49-25-23-37(35-15-7-5-8-16-35)27-41(49)43-29-45-39-19-11-13-21-53(39)67-55(45)31-51(43)65/h5-32H,1-4H3. The van der Waals surface area contributed by atoms with E-state index in [1.54, 1.807) is 0 Å². The first-order valence-corrected chi connectivity index (χ1v) is 23.3. The molecule has 14 rings (SSSR count). The van der Waals surface area contributed by atoms with E-state index in [1.807, 2.05) is 48.5 Å². The van der Waals surface area contributed by atoms with Gasteiger partial charge in [0.2, 0.25) is 0 Å². The molecule has 5 heterocycles. The van der Waals surface area contributed by atoms with Gasteiger partial charge in [0, 0.05) is 66.3 Å². The van der Waals surface area contributed by atoms with Crippen molar-refractivity contribution in [3.05, 3.63) is 192 Å². The van der Waals surface area contributed by atoms with Crippen LogP contribution in [0, 0.1) is 22.7 Å². The molecule has 0 atom stereocenters. The smallest absolute Gasteiger partial charge is 0.137 e. The minimum absolute atomic E-state index is 0.261. The summed E-state index contributed by atoms with van der Waals surface area (Å²) in [6.07, 6.45) is 0. The third-order valence-electron chi connectivity index (χ3n) is 14.6. The number of fused-ring (bicyclic) bond motifs is 13. The van der Waals surface area contributed by atoms with Crippen LogP contribution in [0.15, 0.2) is 179 Å². The lowest BCUT2D eigenvalue weighted by molar-refractivity contribution is -0.105. The number of nitriles is 2. The average Bonchev–Trinajstić information content (AvgIpc) is 4.14. The molecule has 13 aromatic rings. The number of furan rings is 2. The second kappa shape index (κ2) is 13.8. The normalized spacial score (nSPS) is 14.2. The van der Waals surface area contributed by atoms with Gasteiger partial charge in [0.15, 0.2) is 0 Å². The highest BCUT2D eigenvalue weighted by atomic mass is 16.5. The van der Waals surface area contributed by atoms with Gasteiger partial charge in [-0.05, 0) is 98.5 Å². The van der Waals surface area contributed by atoms with E-state index >= 15 is 0 Å². The number of para-hydroxylation sites is 2. The Bertz CT molecular complexity index is 4190. The van der Waals surface area contributed by atoms with Crippen molar-refractivity contribution in [2.75, 3.05) is 0 Å². The minimum atomic E-state index is -0.926. The molecule has 0 spiro atoms. The maximum Gasteiger partial charge on any atom is 0.137 e. The summed E-state index contributed by atoms with van der Waals surface area (Å²) in [7, 11) is 0. The predicted octanol–water partition coefficient (Wildman–Crippen LogP) is 16.3. The van der Waals surface area contributed by atoms with Gasteiger partial charge >= 0.3 is 0 Å². The highest BCUT2D eigenvalue weighted by Gasteiger charge is 2.50. The van der Waals surface area contributed by atoms with Crippen molar-refractivity contribution in [2.45, 2.75) is 38.9 Å². The fourth-order valence-electron chi connectivity index (χ4n) is 11.9. The van der Waals surface area contributed by atoms with Crippen molar-refractivity contribution in [3.63, 3.8) is 0 Å². The zero-order valence-corrected chi connectivity index (χ0v) is 38.2. The average molecular weight is 889 g/mol. The van der Waals surface area contributed by atoms with E-state index in [2.05, 4.69) is 170 Å². The first-order chi connectivity index (χ1) is 33.6. The molecular weight excluding hydrogens is 849 g/mol. The molecule has 7 nitrogen and oxygen atoms in total. The summed E-state index contributed by atoms with van der Waals surface area (Å²) >= 11 is 0. The van der Waals surface area contributed by atoms with Gasteiger partial charge in [-0.1, -0.05) is 109 Å². The number of rotatable bonds is 4. The first kappa shape index (κ1) is 39.3. The van der Waals surface area contributed by atoms with Crippen molar-refractivity contribution < 1.29 is 13.6 Å². The van der Waals surface area contributed by atoms with Crippen LogP contribution >= 0.6 is 0 Å². The second-order valence-corrected chi connectivity index (χ2v) is 19.3. The summed E-state index contributed by atoms with van der Waals surface area (Å²) in [5.74, 6) is 0. The Labute approximate surface area is 395 Å². The van der Waals surface area contributed by atoms with Crippen LogP contribution < -0.4 is 0 Å². The Kier molecular flexibility index (Phi) is 7.88. The molecule has 0 aliphatic carbocycles. The Morgan fingerprint density at radius 3 is 1.17 bits per heavy atom. The zero-order valence-electron chi connectivity index (χ0n) is 38.2. The van der Waals surface area contributed by atoms with Gasteiger partial charge in [-0.15, -0.1) is 0 Å². The maximum absolute atomic E-state index is 11.8. The van der Waals surface area contributed by atoms with Crippen molar-refractivity contribution in [3.8, 4) is 45.8 Å². The molecule has 7 heteroatoms. The Hall–Kier alpha value is -8.88.